The summed E-state index contributed by atoms with van der Waals surface area (Å²) in [5, 5.41) is 18.5. The number of ether oxygens (including phenoxy) is 1. The Bertz CT molecular complexity index is 1230. The molecule has 2 heterocycles. The van der Waals surface area contributed by atoms with Crippen molar-refractivity contribution in [2.75, 3.05) is 31.3 Å². The maximum absolute atomic E-state index is 12.7. The van der Waals surface area contributed by atoms with Crippen molar-refractivity contribution in [2.24, 2.45) is 14.7 Å². The van der Waals surface area contributed by atoms with E-state index in [0.29, 0.717) is 47.5 Å². The van der Waals surface area contributed by atoms with E-state index in [1.807, 2.05) is 30.3 Å². The number of para-hydroxylation sites is 1. The molecule has 0 saturated carbocycles. The molecule has 0 aromatic heterocycles. The van der Waals surface area contributed by atoms with Crippen LogP contribution in [-0.2, 0) is 42.2 Å². The number of benzene rings is 2. The van der Waals surface area contributed by atoms with Gasteiger partial charge in [-0.05, 0) is 43.3 Å². The molecule has 0 radical (unpaired) electrons. The van der Waals surface area contributed by atoms with Gasteiger partial charge in [-0.3, -0.25) is 5.41 Å². The summed E-state index contributed by atoms with van der Waals surface area (Å²) in [6, 6.07) is 15.6. The molecule has 0 atom stereocenters. The van der Waals surface area contributed by atoms with Crippen molar-refractivity contribution in [3.8, 4) is 0 Å². The van der Waals surface area contributed by atoms with Gasteiger partial charge in [0.1, 0.15) is 0 Å². The molecular weight excluding hydrogens is 575 g/mol. The molecule has 0 bridgehead atoms. The molecule has 0 aliphatic carbocycles. The maximum atomic E-state index is 12.7. The van der Waals surface area contributed by atoms with Crippen molar-refractivity contribution in [3.05, 3.63) is 64.4 Å². The number of hydrogen-bond donors (Lipinski definition) is 1. The van der Waals surface area contributed by atoms with E-state index < -0.39 is 10.0 Å². The first kappa shape index (κ1) is 27.7. The number of halogens is 1. The summed E-state index contributed by atoms with van der Waals surface area (Å²) in [5.74, 6) is 0.184. The summed E-state index contributed by atoms with van der Waals surface area (Å²) in [4.78, 5) is 0.203. The molecule has 2 aromatic carbocycles. The van der Waals surface area contributed by atoms with Crippen molar-refractivity contribution in [2.45, 2.75) is 11.8 Å². The van der Waals surface area contributed by atoms with Gasteiger partial charge in [0.05, 0.1) is 35.2 Å². The zero-order valence-electron chi connectivity index (χ0n) is 18.4. The monoisotopic (exact) mass is 595 g/mol. The molecule has 9 nitrogen and oxygen atoms in total. The normalized spacial score (nSPS) is 18.3. The van der Waals surface area contributed by atoms with Gasteiger partial charge in [-0.1, -0.05) is 18.2 Å². The fourth-order valence-corrected chi connectivity index (χ4v) is 5.60. The van der Waals surface area contributed by atoms with Crippen LogP contribution in [-0.4, -0.2) is 50.6 Å². The number of anilines is 1. The van der Waals surface area contributed by atoms with Crippen LogP contribution in [0.25, 0.3) is 0 Å². The molecule has 14 heteroatoms. The summed E-state index contributed by atoms with van der Waals surface area (Å²) in [6.07, 6.45) is 0. The van der Waals surface area contributed by atoms with Gasteiger partial charge in [-0.2, -0.15) is 9.41 Å². The van der Waals surface area contributed by atoms with Crippen molar-refractivity contribution in [1.82, 2.24) is 4.31 Å². The summed E-state index contributed by atoms with van der Waals surface area (Å²) < 4.78 is 36.5. The van der Waals surface area contributed by atoms with Gasteiger partial charge in [-0.15, -0.1) is 13.9 Å². The second kappa shape index (κ2) is 12.9. The fourth-order valence-electron chi connectivity index (χ4n) is 3.30. The zero-order valence-corrected chi connectivity index (χ0v) is 22.7. The number of hydrazone groups is 1. The molecule has 187 valence electrons. The van der Waals surface area contributed by atoms with Crippen molar-refractivity contribution in [3.63, 3.8) is 0 Å². The number of amidine groups is 1. The predicted octanol–water partition coefficient (Wildman–Crippen LogP) is 4.76. The summed E-state index contributed by atoms with van der Waals surface area (Å²) in [5.41, 5.74) is 2.44. The van der Waals surface area contributed by atoms with E-state index >= 15 is 0 Å². The third-order valence-corrected chi connectivity index (χ3v) is 7.86. The Hall–Kier alpha value is -1.84. The van der Waals surface area contributed by atoms with Crippen LogP contribution in [0.3, 0.4) is 0 Å². The van der Waals surface area contributed by atoms with Crippen molar-refractivity contribution >= 4 is 67.7 Å². The summed E-state index contributed by atoms with van der Waals surface area (Å²) in [7, 11) is 0.772. The van der Waals surface area contributed by atoms with E-state index in [1.165, 1.54) is 21.4 Å². The average Bonchev–Trinajstić information content (AvgIpc) is 3.20. The van der Waals surface area contributed by atoms with Crippen LogP contribution in [0.4, 0.5) is 11.4 Å². The van der Waals surface area contributed by atoms with Crippen LogP contribution in [0, 0.1) is 5.41 Å². The average molecular weight is 596 g/mol. The topological polar surface area (TPSA) is 111 Å². The zero-order chi connectivity index (χ0) is 25.4. The van der Waals surface area contributed by atoms with Crippen LogP contribution in [0.2, 0.25) is 0 Å². The third kappa shape index (κ3) is 6.68. The van der Waals surface area contributed by atoms with E-state index in [9.17, 15) is 8.42 Å². The van der Waals surface area contributed by atoms with Gasteiger partial charge in [0.25, 0.3) is 0 Å². The van der Waals surface area contributed by atoms with Gasteiger partial charge >= 0.3 is 25.0 Å². The molecule has 1 fully saturated rings. The van der Waals surface area contributed by atoms with E-state index in [2.05, 4.69) is 39.7 Å². The molecule has 1 saturated heterocycles. The second-order valence-corrected chi connectivity index (χ2v) is 10.5. The first-order valence-corrected chi connectivity index (χ1v) is 14.2. The molecule has 2 aliphatic heterocycles. The third-order valence-electron chi connectivity index (χ3n) is 4.99. The first-order chi connectivity index (χ1) is 16.9. The quantitative estimate of drug-likeness (QED) is 0.293. The van der Waals surface area contributed by atoms with Crippen LogP contribution in [0.5, 0.6) is 0 Å². The van der Waals surface area contributed by atoms with Gasteiger partial charge in [0.2, 0.25) is 10.0 Å². The molecule has 0 unspecified atom stereocenters. The Morgan fingerprint density at radius 1 is 1.14 bits per heavy atom. The number of nitrogens with zero attached hydrogens (tertiary/aromatic N) is 5. The predicted molar refractivity (Wildman–Crippen MR) is 138 cm³/mol. The molecule has 2 aromatic rings. The minimum atomic E-state index is -3.55. The van der Waals surface area contributed by atoms with Gasteiger partial charge in [0, 0.05) is 30.6 Å². The van der Waals surface area contributed by atoms with E-state index in [4.69, 9.17) is 22.8 Å². The number of rotatable bonds is 6. The van der Waals surface area contributed by atoms with E-state index in [-0.39, 0.29) is 10.7 Å². The number of nitrogens with one attached hydrogen (secondary N) is 1. The van der Waals surface area contributed by atoms with Crippen LogP contribution in [0.1, 0.15) is 6.92 Å². The van der Waals surface area contributed by atoms with Gasteiger partial charge in [0.15, 0.2) is 5.84 Å². The Labute approximate surface area is 226 Å². The minimum absolute atomic E-state index is 0.184. The summed E-state index contributed by atoms with van der Waals surface area (Å²) in [6.45, 7) is 3.27. The molecule has 4 rings (SSSR count). The Balaban J connectivity index is 0.00000167. The second-order valence-electron chi connectivity index (χ2n) is 7.13. The van der Waals surface area contributed by atoms with Crippen LogP contribution < -0.4 is 5.01 Å². The molecule has 1 N–H and O–H groups in total. The Morgan fingerprint density at radius 3 is 2.40 bits per heavy atom. The number of morpholine rings is 1. The SMILES string of the molecule is CC1=NN(c2ccccc2)C(=N)/C1=C(/[S-])SN=Nc1ccc(S(=O)(=O)N2CCOCC2)cc1.[Cl][Co+]. The van der Waals surface area contributed by atoms with Crippen LogP contribution in [0.15, 0.2) is 84.0 Å². The molecular formula is C21H21ClCoN6O3S3. The number of hydrogen-bond acceptors (Lipinski definition) is 9. The Morgan fingerprint density at radius 2 is 1.77 bits per heavy atom. The number of sulfonamides is 1. The molecule has 0 amide bonds. The molecule has 2 aliphatic rings. The van der Waals surface area contributed by atoms with Gasteiger partial charge in [-0.25, -0.2) is 13.4 Å². The standard InChI is InChI=1S/C21H22N6O3S3.ClH.Co/c1-15-19(20(22)27(24-15)17-5-3-2-4-6-17)21(31)32-25-23-16-7-9-18(10-8-16)33(28,29)26-11-13-30-14-12-26;;/h2-10,22,31H,11-14H2,1H3;1H;/q;;+2/p-2/b21-19-,22-20?,25-23?;;. The van der Waals surface area contributed by atoms with E-state index in [1.54, 1.807) is 19.1 Å². The van der Waals surface area contributed by atoms with Gasteiger partial charge < -0.3 is 17.4 Å². The van der Waals surface area contributed by atoms with Crippen molar-refractivity contribution < 1.29 is 28.0 Å². The molecule has 0 spiro atoms. The first-order valence-electron chi connectivity index (χ1n) is 10.2. The van der Waals surface area contributed by atoms with E-state index in [0.717, 1.165) is 17.6 Å². The molecule has 35 heavy (non-hydrogen) atoms. The van der Waals surface area contributed by atoms with Crippen molar-refractivity contribution in [1.29, 1.82) is 5.41 Å². The summed E-state index contributed by atoms with van der Waals surface area (Å²) >= 11 is 9.46. The van der Waals surface area contributed by atoms with Crippen LogP contribution >= 0.6 is 22.1 Å². The fraction of sp³-hybridized carbons (Fsp3) is 0.238. The Kier molecular flexibility index (Phi) is 10.2.